The number of hydrogen-bond donors (Lipinski definition) is 1. The van der Waals surface area contributed by atoms with Crippen molar-refractivity contribution in [2.75, 3.05) is 13.7 Å². The highest BCUT2D eigenvalue weighted by molar-refractivity contribution is 9.10. The second-order valence-corrected chi connectivity index (χ2v) is 6.44. The average molecular weight is 328 g/mol. The van der Waals surface area contributed by atoms with Crippen LogP contribution >= 0.6 is 15.9 Å². The molecule has 19 heavy (non-hydrogen) atoms. The summed E-state index contributed by atoms with van der Waals surface area (Å²) in [7, 11) is 1.76. The van der Waals surface area contributed by atoms with E-state index < -0.39 is 0 Å². The molecule has 0 saturated carbocycles. The van der Waals surface area contributed by atoms with Crippen molar-refractivity contribution in [2.45, 2.75) is 41.0 Å². The van der Waals surface area contributed by atoms with Crippen molar-refractivity contribution in [3.8, 4) is 5.75 Å². The maximum Gasteiger partial charge on any atom is 0.125 e. The Morgan fingerprint density at radius 2 is 1.68 bits per heavy atom. The first-order valence-electron chi connectivity index (χ1n) is 6.87. The normalized spacial score (nSPS) is 12.9. The van der Waals surface area contributed by atoms with Gasteiger partial charge in [-0.05, 0) is 67.8 Å². The topological polar surface area (TPSA) is 35.2 Å². The highest BCUT2D eigenvalue weighted by Gasteiger charge is 2.21. The Morgan fingerprint density at radius 3 is 2.11 bits per heavy atom. The number of halogens is 1. The lowest BCUT2D eigenvalue weighted by molar-refractivity contribution is 0.370. The number of benzene rings is 1. The van der Waals surface area contributed by atoms with Crippen LogP contribution in [0.2, 0.25) is 0 Å². The van der Waals surface area contributed by atoms with Crippen molar-refractivity contribution < 1.29 is 4.74 Å². The fraction of sp³-hybridized carbons (Fsp3) is 0.625. The van der Waals surface area contributed by atoms with Gasteiger partial charge in [0.1, 0.15) is 5.75 Å². The molecule has 1 aromatic carbocycles. The first kappa shape index (κ1) is 16.5. The molecule has 2 N–H and O–H groups in total. The van der Waals surface area contributed by atoms with E-state index in [9.17, 15) is 0 Å². The summed E-state index contributed by atoms with van der Waals surface area (Å²) >= 11 is 3.71. The van der Waals surface area contributed by atoms with Crippen molar-refractivity contribution in [1.29, 1.82) is 0 Å². The Labute approximate surface area is 125 Å². The zero-order chi connectivity index (χ0) is 14.7. The van der Waals surface area contributed by atoms with E-state index in [0.717, 1.165) is 12.2 Å². The lowest BCUT2D eigenvalue weighted by atomic mass is 9.86. The lowest BCUT2D eigenvalue weighted by Gasteiger charge is -2.24. The van der Waals surface area contributed by atoms with Crippen molar-refractivity contribution in [2.24, 2.45) is 17.6 Å². The SMILES string of the molecule is COc1c(C)c(C)c(Br)c(C)c1CC(CN)C(C)C. The summed E-state index contributed by atoms with van der Waals surface area (Å²) in [4.78, 5) is 0. The largest absolute Gasteiger partial charge is 0.496 e. The second kappa shape index (κ2) is 6.76. The van der Waals surface area contributed by atoms with Crippen molar-refractivity contribution in [3.05, 3.63) is 26.7 Å². The minimum Gasteiger partial charge on any atom is -0.496 e. The van der Waals surface area contributed by atoms with Crippen LogP contribution in [0.25, 0.3) is 0 Å². The number of rotatable bonds is 5. The Morgan fingerprint density at radius 1 is 1.11 bits per heavy atom. The molecule has 0 heterocycles. The van der Waals surface area contributed by atoms with Gasteiger partial charge in [-0.2, -0.15) is 0 Å². The standard InChI is InChI=1S/C16H26BrNO/c1-9(2)13(8-18)7-14-12(5)15(17)10(3)11(4)16(14)19-6/h9,13H,7-8,18H2,1-6H3. The molecule has 1 unspecified atom stereocenters. The van der Waals surface area contributed by atoms with Crippen LogP contribution in [0.3, 0.4) is 0 Å². The Hall–Kier alpha value is -0.540. The Kier molecular flexibility index (Phi) is 5.87. The molecule has 0 radical (unpaired) electrons. The molecular weight excluding hydrogens is 302 g/mol. The van der Waals surface area contributed by atoms with E-state index in [2.05, 4.69) is 50.5 Å². The summed E-state index contributed by atoms with van der Waals surface area (Å²) in [6.07, 6.45) is 0.975. The number of nitrogens with two attached hydrogens (primary N) is 1. The third-order valence-corrected chi connectivity index (χ3v) is 5.39. The molecule has 0 aromatic heterocycles. The summed E-state index contributed by atoms with van der Waals surface area (Å²) in [5.41, 5.74) is 11.0. The van der Waals surface area contributed by atoms with Crippen LogP contribution in [0, 0.1) is 32.6 Å². The van der Waals surface area contributed by atoms with E-state index in [0.29, 0.717) is 18.4 Å². The minimum absolute atomic E-state index is 0.488. The first-order chi connectivity index (χ1) is 8.84. The lowest BCUT2D eigenvalue weighted by Crippen LogP contribution is -2.23. The highest BCUT2D eigenvalue weighted by Crippen LogP contribution is 2.37. The van der Waals surface area contributed by atoms with Gasteiger partial charge < -0.3 is 10.5 Å². The molecule has 0 aliphatic heterocycles. The summed E-state index contributed by atoms with van der Waals surface area (Å²) in [5.74, 6) is 2.09. The van der Waals surface area contributed by atoms with Crippen LogP contribution in [0.4, 0.5) is 0 Å². The molecule has 0 aliphatic carbocycles. The third kappa shape index (κ3) is 3.32. The molecule has 0 saturated heterocycles. The van der Waals surface area contributed by atoms with Gasteiger partial charge >= 0.3 is 0 Å². The van der Waals surface area contributed by atoms with E-state index in [1.54, 1.807) is 7.11 Å². The molecule has 3 heteroatoms. The predicted molar refractivity (Wildman–Crippen MR) is 86.0 cm³/mol. The molecule has 0 bridgehead atoms. The quantitative estimate of drug-likeness (QED) is 0.881. The van der Waals surface area contributed by atoms with Crippen LogP contribution in [-0.4, -0.2) is 13.7 Å². The van der Waals surface area contributed by atoms with Gasteiger partial charge in [0.05, 0.1) is 7.11 Å². The van der Waals surface area contributed by atoms with Crippen LogP contribution in [0.1, 0.15) is 36.1 Å². The first-order valence-corrected chi connectivity index (χ1v) is 7.66. The van der Waals surface area contributed by atoms with Crippen LogP contribution < -0.4 is 10.5 Å². The van der Waals surface area contributed by atoms with Gasteiger partial charge in [0.15, 0.2) is 0 Å². The number of methoxy groups -OCH3 is 1. The zero-order valence-corrected chi connectivity index (χ0v) is 14.5. The Bertz CT molecular complexity index is 455. The molecule has 2 nitrogen and oxygen atoms in total. The van der Waals surface area contributed by atoms with Gasteiger partial charge in [0.25, 0.3) is 0 Å². The maximum absolute atomic E-state index is 5.92. The van der Waals surface area contributed by atoms with Gasteiger partial charge in [-0.15, -0.1) is 0 Å². The van der Waals surface area contributed by atoms with Gasteiger partial charge in [-0.1, -0.05) is 29.8 Å². The van der Waals surface area contributed by atoms with E-state index >= 15 is 0 Å². The van der Waals surface area contributed by atoms with E-state index in [-0.39, 0.29) is 0 Å². The van der Waals surface area contributed by atoms with E-state index in [1.165, 1.54) is 26.7 Å². The monoisotopic (exact) mass is 327 g/mol. The molecular formula is C16H26BrNO. The molecule has 1 rings (SSSR count). The fourth-order valence-electron chi connectivity index (χ4n) is 2.52. The summed E-state index contributed by atoms with van der Waals surface area (Å²) in [6.45, 7) is 11.6. The summed E-state index contributed by atoms with van der Waals surface area (Å²) in [6, 6.07) is 0. The second-order valence-electron chi connectivity index (χ2n) is 5.64. The van der Waals surface area contributed by atoms with E-state index in [4.69, 9.17) is 10.5 Å². The van der Waals surface area contributed by atoms with Crippen molar-refractivity contribution in [3.63, 3.8) is 0 Å². The van der Waals surface area contributed by atoms with Crippen LogP contribution in [-0.2, 0) is 6.42 Å². The maximum atomic E-state index is 5.92. The molecule has 0 spiro atoms. The molecule has 0 aliphatic rings. The molecule has 108 valence electrons. The number of ether oxygens (including phenoxy) is 1. The van der Waals surface area contributed by atoms with Gasteiger partial charge in [0.2, 0.25) is 0 Å². The highest BCUT2D eigenvalue weighted by atomic mass is 79.9. The molecule has 0 fully saturated rings. The van der Waals surface area contributed by atoms with Gasteiger partial charge in [0, 0.05) is 4.47 Å². The zero-order valence-electron chi connectivity index (χ0n) is 12.9. The van der Waals surface area contributed by atoms with Crippen LogP contribution in [0.5, 0.6) is 5.75 Å². The predicted octanol–water partition coefficient (Wildman–Crippen LogP) is 4.16. The molecule has 1 atom stereocenters. The molecule has 0 amide bonds. The van der Waals surface area contributed by atoms with Crippen molar-refractivity contribution in [1.82, 2.24) is 0 Å². The Balaban J connectivity index is 3.33. The number of hydrogen-bond acceptors (Lipinski definition) is 2. The smallest absolute Gasteiger partial charge is 0.125 e. The minimum atomic E-state index is 0.488. The van der Waals surface area contributed by atoms with Crippen molar-refractivity contribution >= 4 is 15.9 Å². The summed E-state index contributed by atoms with van der Waals surface area (Å²) < 4.78 is 6.85. The van der Waals surface area contributed by atoms with Crippen LogP contribution in [0.15, 0.2) is 4.47 Å². The fourth-order valence-corrected chi connectivity index (χ4v) is 3.06. The summed E-state index contributed by atoms with van der Waals surface area (Å²) in [5, 5.41) is 0. The van der Waals surface area contributed by atoms with Gasteiger partial charge in [-0.25, -0.2) is 0 Å². The third-order valence-electron chi connectivity index (χ3n) is 4.20. The van der Waals surface area contributed by atoms with Gasteiger partial charge in [-0.3, -0.25) is 0 Å². The molecule has 1 aromatic rings. The average Bonchev–Trinajstić information content (AvgIpc) is 2.38. The van der Waals surface area contributed by atoms with E-state index in [1.807, 2.05) is 0 Å².